The Labute approximate surface area is 112 Å². The van der Waals surface area contributed by atoms with Gasteiger partial charge in [0.1, 0.15) is 0 Å². The van der Waals surface area contributed by atoms with Crippen molar-refractivity contribution in [2.45, 2.75) is 39.2 Å². The van der Waals surface area contributed by atoms with Gasteiger partial charge in [-0.25, -0.2) is 4.79 Å². The number of nitrogens with zero attached hydrogens (tertiary/aromatic N) is 1. The van der Waals surface area contributed by atoms with Crippen molar-refractivity contribution < 1.29 is 24.3 Å². The number of esters is 1. The summed E-state index contributed by atoms with van der Waals surface area (Å²) in [6, 6.07) is -1.31. The van der Waals surface area contributed by atoms with Crippen molar-refractivity contribution in [3.63, 3.8) is 0 Å². The number of ketones is 1. The quantitative estimate of drug-likeness (QED) is 0.220. The van der Waals surface area contributed by atoms with Crippen LogP contribution in [0.2, 0.25) is 0 Å². The van der Waals surface area contributed by atoms with Crippen LogP contribution in [0, 0.1) is 5.92 Å². The molecular formula is C12H20N2O5. The van der Waals surface area contributed by atoms with Gasteiger partial charge < -0.3 is 15.3 Å². The molecule has 0 radical (unpaired) electrons. The molecule has 0 aromatic heterocycles. The third-order valence-corrected chi connectivity index (χ3v) is 2.58. The molecule has 1 amide bonds. The lowest BCUT2D eigenvalue weighted by molar-refractivity contribution is -0.148. The van der Waals surface area contributed by atoms with Crippen LogP contribution in [0.15, 0.2) is 5.16 Å². The maximum absolute atomic E-state index is 11.9. The van der Waals surface area contributed by atoms with Crippen molar-refractivity contribution >= 4 is 23.9 Å². The lowest BCUT2D eigenvalue weighted by atomic mass is 10.0. The molecule has 2 N–H and O–H groups in total. The van der Waals surface area contributed by atoms with Gasteiger partial charge in [0.2, 0.25) is 5.91 Å². The molecule has 0 aromatic carbocycles. The summed E-state index contributed by atoms with van der Waals surface area (Å²) in [5, 5.41) is 13.6. The molecule has 0 rings (SSSR count). The minimum Gasteiger partial charge on any atom is -0.467 e. The molecule has 0 aliphatic carbocycles. The average Bonchev–Trinajstić information content (AvgIpc) is 2.42. The zero-order valence-corrected chi connectivity index (χ0v) is 11.4. The summed E-state index contributed by atoms with van der Waals surface area (Å²) in [7, 11) is 1.14. The van der Waals surface area contributed by atoms with E-state index in [-0.39, 0.29) is 6.42 Å². The summed E-state index contributed by atoms with van der Waals surface area (Å²) < 4.78 is 4.48. The fraction of sp³-hybridized carbons (Fsp3) is 0.667. The molecule has 2 unspecified atom stereocenters. The van der Waals surface area contributed by atoms with E-state index in [1.165, 1.54) is 0 Å². The Hall–Kier alpha value is -1.92. The number of oxime groups is 1. The highest BCUT2D eigenvalue weighted by molar-refractivity contribution is 6.07. The number of amides is 1. The van der Waals surface area contributed by atoms with E-state index in [1.807, 2.05) is 6.92 Å². The minimum absolute atomic E-state index is 0.104. The standard InChI is InChI=1S/C12H20N2O5/c1-4-6-8(7-13-18)11(16)14-10(9(15)5-2)12(17)19-3/h7-8,10,18H,4-6H2,1-3H3,(H,14,16)/b13-7+. The second-order valence-corrected chi connectivity index (χ2v) is 3.94. The molecule has 7 nitrogen and oxygen atoms in total. The molecule has 0 aromatic rings. The number of carbonyl (C=O) groups is 3. The van der Waals surface area contributed by atoms with E-state index in [9.17, 15) is 14.4 Å². The molecular weight excluding hydrogens is 252 g/mol. The first kappa shape index (κ1) is 17.1. The van der Waals surface area contributed by atoms with Gasteiger partial charge in [0.15, 0.2) is 11.8 Å². The Kier molecular flexibility index (Phi) is 8.15. The van der Waals surface area contributed by atoms with Crippen molar-refractivity contribution in [1.29, 1.82) is 0 Å². The van der Waals surface area contributed by atoms with E-state index in [4.69, 9.17) is 5.21 Å². The fourth-order valence-corrected chi connectivity index (χ4v) is 1.51. The maximum Gasteiger partial charge on any atom is 0.336 e. The summed E-state index contributed by atoms with van der Waals surface area (Å²) in [6.07, 6.45) is 2.31. The van der Waals surface area contributed by atoms with E-state index in [0.717, 1.165) is 13.3 Å². The van der Waals surface area contributed by atoms with Crippen LogP contribution in [-0.4, -0.2) is 42.2 Å². The Morgan fingerprint density at radius 3 is 2.42 bits per heavy atom. The third-order valence-electron chi connectivity index (χ3n) is 2.58. The molecule has 0 saturated heterocycles. The molecule has 0 saturated carbocycles. The lowest BCUT2D eigenvalue weighted by Gasteiger charge is -2.17. The van der Waals surface area contributed by atoms with Gasteiger partial charge in [0, 0.05) is 6.42 Å². The first-order valence-electron chi connectivity index (χ1n) is 6.10. The predicted molar refractivity (Wildman–Crippen MR) is 67.9 cm³/mol. The van der Waals surface area contributed by atoms with Crippen molar-refractivity contribution in [3.8, 4) is 0 Å². The Morgan fingerprint density at radius 2 is 2.00 bits per heavy atom. The second kappa shape index (κ2) is 9.07. The smallest absolute Gasteiger partial charge is 0.336 e. The van der Waals surface area contributed by atoms with Crippen LogP contribution in [-0.2, 0) is 19.1 Å². The first-order chi connectivity index (χ1) is 9.01. The summed E-state index contributed by atoms with van der Waals surface area (Å²) in [4.78, 5) is 34.9. The topological polar surface area (TPSA) is 105 Å². The zero-order valence-electron chi connectivity index (χ0n) is 11.4. The minimum atomic E-state index is -1.31. The van der Waals surface area contributed by atoms with Gasteiger partial charge in [-0.3, -0.25) is 9.59 Å². The van der Waals surface area contributed by atoms with Crippen LogP contribution >= 0.6 is 0 Å². The number of nitrogens with one attached hydrogen (secondary N) is 1. The van der Waals surface area contributed by atoms with Gasteiger partial charge >= 0.3 is 5.97 Å². The van der Waals surface area contributed by atoms with Crippen molar-refractivity contribution in [2.24, 2.45) is 11.1 Å². The normalized spacial score (nSPS) is 13.8. The SMILES string of the molecule is CCCC(/C=N/O)C(=O)NC(C(=O)CC)C(=O)OC. The third kappa shape index (κ3) is 5.50. The summed E-state index contributed by atoms with van der Waals surface area (Å²) in [6.45, 7) is 3.45. The van der Waals surface area contributed by atoms with Crippen molar-refractivity contribution in [2.75, 3.05) is 7.11 Å². The van der Waals surface area contributed by atoms with Crippen LogP contribution in [0.5, 0.6) is 0 Å². The van der Waals surface area contributed by atoms with Crippen LogP contribution in [0.3, 0.4) is 0 Å². The van der Waals surface area contributed by atoms with Gasteiger partial charge in [-0.2, -0.15) is 0 Å². The van der Waals surface area contributed by atoms with E-state index in [0.29, 0.717) is 12.8 Å². The first-order valence-corrected chi connectivity index (χ1v) is 6.10. The molecule has 0 aliphatic heterocycles. The van der Waals surface area contributed by atoms with Gasteiger partial charge in [-0.05, 0) is 6.42 Å². The van der Waals surface area contributed by atoms with Crippen LogP contribution < -0.4 is 5.32 Å². The van der Waals surface area contributed by atoms with Gasteiger partial charge in [-0.1, -0.05) is 20.3 Å². The highest BCUT2D eigenvalue weighted by Crippen LogP contribution is 2.05. The fourth-order valence-electron chi connectivity index (χ4n) is 1.51. The highest BCUT2D eigenvalue weighted by atomic mass is 16.5. The average molecular weight is 272 g/mol. The van der Waals surface area contributed by atoms with Gasteiger partial charge in [-0.15, -0.1) is 5.16 Å². The van der Waals surface area contributed by atoms with Crippen LogP contribution in [0.1, 0.15) is 33.1 Å². The molecule has 0 fully saturated rings. The Bertz CT molecular complexity index is 338. The van der Waals surface area contributed by atoms with Crippen molar-refractivity contribution in [3.05, 3.63) is 0 Å². The number of hydrogen-bond acceptors (Lipinski definition) is 6. The van der Waals surface area contributed by atoms with Crippen LogP contribution in [0.4, 0.5) is 0 Å². The molecule has 2 atom stereocenters. The summed E-state index contributed by atoms with van der Waals surface area (Å²) >= 11 is 0. The van der Waals surface area contributed by atoms with Gasteiger partial charge in [0.25, 0.3) is 0 Å². The number of hydrogen-bond donors (Lipinski definition) is 2. The molecule has 19 heavy (non-hydrogen) atoms. The molecule has 0 aliphatic rings. The van der Waals surface area contributed by atoms with Gasteiger partial charge in [0.05, 0.1) is 19.2 Å². The summed E-state index contributed by atoms with van der Waals surface area (Å²) in [5.74, 6) is -2.48. The number of Topliss-reactive ketones (excluding diaryl/α,β-unsaturated/α-hetero) is 1. The number of ether oxygens (including phenoxy) is 1. The number of rotatable bonds is 8. The van der Waals surface area contributed by atoms with Crippen LogP contribution in [0.25, 0.3) is 0 Å². The molecule has 7 heteroatoms. The van der Waals surface area contributed by atoms with E-state index < -0.39 is 29.6 Å². The monoisotopic (exact) mass is 272 g/mol. The predicted octanol–water partition coefficient (Wildman–Crippen LogP) is 0.500. The molecule has 0 heterocycles. The molecule has 0 bridgehead atoms. The highest BCUT2D eigenvalue weighted by Gasteiger charge is 2.29. The van der Waals surface area contributed by atoms with E-state index in [1.54, 1.807) is 6.92 Å². The number of carbonyl (C=O) groups excluding carboxylic acids is 3. The second-order valence-electron chi connectivity index (χ2n) is 3.94. The molecule has 0 spiro atoms. The van der Waals surface area contributed by atoms with E-state index >= 15 is 0 Å². The summed E-state index contributed by atoms with van der Waals surface area (Å²) in [5.41, 5.74) is 0. The zero-order chi connectivity index (χ0) is 14.8. The number of methoxy groups -OCH3 is 1. The Balaban J connectivity index is 4.86. The molecule has 108 valence electrons. The van der Waals surface area contributed by atoms with E-state index in [2.05, 4.69) is 15.2 Å². The maximum atomic E-state index is 11.9. The Morgan fingerprint density at radius 1 is 1.37 bits per heavy atom. The van der Waals surface area contributed by atoms with Crippen molar-refractivity contribution in [1.82, 2.24) is 5.32 Å². The largest absolute Gasteiger partial charge is 0.467 e. The lowest BCUT2D eigenvalue weighted by Crippen LogP contribution is -2.49.